The first kappa shape index (κ1) is 9.74. The molecule has 0 fully saturated rings. The van der Waals surface area contributed by atoms with Gasteiger partial charge in [0.25, 0.3) is 0 Å². The van der Waals surface area contributed by atoms with Crippen LogP contribution in [-0.2, 0) is 0 Å². The van der Waals surface area contributed by atoms with E-state index in [1.807, 2.05) is 6.92 Å². The molecule has 70 valence electrons. The molecule has 0 saturated carbocycles. The van der Waals surface area contributed by atoms with Crippen LogP contribution in [0, 0.1) is 0 Å². The molecule has 0 aliphatic heterocycles. The van der Waals surface area contributed by atoms with Gasteiger partial charge in [0.05, 0.1) is 6.61 Å². The molecule has 1 rings (SSSR count). The van der Waals surface area contributed by atoms with Crippen molar-refractivity contribution in [3.05, 3.63) is 29.8 Å². The Labute approximate surface area is 77.0 Å². The normalized spacial score (nSPS) is 9.69. The SMILES string of the molecule is CCOc1cccc(C(=O)CO)c1. The number of carbonyl (C=O) groups excluding carboxylic acids is 1. The predicted molar refractivity (Wildman–Crippen MR) is 49.0 cm³/mol. The van der Waals surface area contributed by atoms with E-state index < -0.39 is 6.61 Å². The molecule has 0 radical (unpaired) electrons. The summed E-state index contributed by atoms with van der Waals surface area (Å²) >= 11 is 0. The van der Waals surface area contributed by atoms with Crippen LogP contribution in [-0.4, -0.2) is 24.1 Å². The third kappa shape index (κ3) is 2.56. The zero-order valence-electron chi connectivity index (χ0n) is 7.49. The van der Waals surface area contributed by atoms with Gasteiger partial charge in [0.1, 0.15) is 12.4 Å². The van der Waals surface area contributed by atoms with Crippen molar-refractivity contribution in [1.29, 1.82) is 0 Å². The number of ether oxygens (including phenoxy) is 1. The van der Waals surface area contributed by atoms with Gasteiger partial charge in [-0.3, -0.25) is 4.79 Å². The van der Waals surface area contributed by atoms with Gasteiger partial charge in [0, 0.05) is 5.56 Å². The van der Waals surface area contributed by atoms with Crippen LogP contribution >= 0.6 is 0 Å². The van der Waals surface area contributed by atoms with Crippen molar-refractivity contribution in [3.8, 4) is 5.75 Å². The van der Waals surface area contributed by atoms with Crippen molar-refractivity contribution in [2.45, 2.75) is 6.92 Å². The Balaban J connectivity index is 2.85. The van der Waals surface area contributed by atoms with E-state index in [9.17, 15) is 4.79 Å². The summed E-state index contributed by atoms with van der Waals surface area (Å²) in [6.45, 7) is 1.98. The second-order valence-corrected chi connectivity index (χ2v) is 2.54. The maximum absolute atomic E-state index is 11.1. The smallest absolute Gasteiger partial charge is 0.188 e. The molecule has 13 heavy (non-hydrogen) atoms. The molecule has 0 spiro atoms. The minimum absolute atomic E-state index is 0.290. The number of hydrogen-bond donors (Lipinski definition) is 1. The molecule has 3 nitrogen and oxygen atoms in total. The molecular formula is C10H12O3. The van der Waals surface area contributed by atoms with Crippen molar-refractivity contribution in [2.24, 2.45) is 0 Å². The van der Waals surface area contributed by atoms with E-state index >= 15 is 0 Å². The van der Waals surface area contributed by atoms with Gasteiger partial charge in [0.15, 0.2) is 5.78 Å². The first-order valence-electron chi connectivity index (χ1n) is 4.15. The van der Waals surface area contributed by atoms with Crippen LogP contribution in [0.4, 0.5) is 0 Å². The summed E-state index contributed by atoms with van der Waals surface area (Å²) in [7, 11) is 0. The number of rotatable bonds is 4. The van der Waals surface area contributed by atoms with Gasteiger partial charge in [-0.2, -0.15) is 0 Å². The van der Waals surface area contributed by atoms with Crippen LogP contribution in [0.15, 0.2) is 24.3 Å². The Morgan fingerprint density at radius 3 is 2.92 bits per heavy atom. The topological polar surface area (TPSA) is 46.5 Å². The van der Waals surface area contributed by atoms with Crippen molar-refractivity contribution < 1.29 is 14.6 Å². The molecular weight excluding hydrogens is 168 g/mol. The summed E-state index contributed by atoms with van der Waals surface area (Å²) in [5.74, 6) is 0.364. The average Bonchev–Trinajstić information content (AvgIpc) is 2.18. The number of ketones is 1. The summed E-state index contributed by atoms with van der Waals surface area (Å²) in [5, 5.41) is 8.62. The van der Waals surface area contributed by atoms with Crippen molar-refractivity contribution in [1.82, 2.24) is 0 Å². The highest BCUT2D eigenvalue weighted by Crippen LogP contribution is 2.13. The lowest BCUT2D eigenvalue weighted by molar-refractivity contribution is 0.0903. The number of benzene rings is 1. The van der Waals surface area contributed by atoms with Crippen LogP contribution in [0.2, 0.25) is 0 Å². The minimum Gasteiger partial charge on any atom is -0.494 e. The monoisotopic (exact) mass is 180 g/mol. The number of Topliss-reactive ketones (excluding diaryl/α,β-unsaturated/α-hetero) is 1. The Morgan fingerprint density at radius 2 is 2.31 bits per heavy atom. The Bertz CT molecular complexity index is 294. The average molecular weight is 180 g/mol. The van der Waals surface area contributed by atoms with E-state index in [1.54, 1.807) is 24.3 Å². The lowest BCUT2D eigenvalue weighted by Gasteiger charge is -2.03. The van der Waals surface area contributed by atoms with Gasteiger partial charge in [-0.1, -0.05) is 12.1 Å². The predicted octanol–water partition coefficient (Wildman–Crippen LogP) is 1.26. The molecule has 0 heterocycles. The van der Waals surface area contributed by atoms with E-state index in [1.165, 1.54) is 0 Å². The number of carbonyl (C=O) groups is 1. The minimum atomic E-state index is -0.463. The second kappa shape index (κ2) is 4.62. The fraction of sp³-hybridized carbons (Fsp3) is 0.300. The Hall–Kier alpha value is -1.35. The summed E-state index contributed by atoms with van der Waals surface area (Å²) in [5.41, 5.74) is 0.480. The van der Waals surface area contributed by atoms with Crippen LogP contribution in [0.3, 0.4) is 0 Å². The maximum Gasteiger partial charge on any atom is 0.188 e. The first-order chi connectivity index (χ1) is 6.27. The van der Waals surface area contributed by atoms with Gasteiger partial charge in [0.2, 0.25) is 0 Å². The summed E-state index contributed by atoms with van der Waals surface area (Å²) in [6, 6.07) is 6.79. The fourth-order valence-electron chi connectivity index (χ4n) is 1.02. The molecule has 0 aliphatic rings. The third-order valence-electron chi connectivity index (χ3n) is 1.61. The van der Waals surface area contributed by atoms with Gasteiger partial charge in [-0.25, -0.2) is 0 Å². The maximum atomic E-state index is 11.1. The molecule has 0 bridgehead atoms. The highest BCUT2D eigenvalue weighted by atomic mass is 16.5. The van der Waals surface area contributed by atoms with Gasteiger partial charge in [-0.15, -0.1) is 0 Å². The van der Waals surface area contributed by atoms with E-state index in [0.717, 1.165) is 0 Å². The summed E-state index contributed by atoms with van der Waals surface area (Å²) < 4.78 is 5.21. The van der Waals surface area contributed by atoms with E-state index in [4.69, 9.17) is 9.84 Å². The summed E-state index contributed by atoms with van der Waals surface area (Å²) in [4.78, 5) is 11.1. The molecule has 0 unspecified atom stereocenters. The van der Waals surface area contributed by atoms with E-state index in [-0.39, 0.29) is 5.78 Å². The van der Waals surface area contributed by atoms with Crippen molar-refractivity contribution >= 4 is 5.78 Å². The molecule has 0 aliphatic carbocycles. The zero-order chi connectivity index (χ0) is 9.68. The molecule has 0 amide bonds. The first-order valence-corrected chi connectivity index (χ1v) is 4.15. The molecule has 1 aromatic carbocycles. The molecule has 1 aromatic rings. The Kier molecular flexibility index (Phi) is 3.46. The Morgan fingerprint density at radius 1 is 1.54 bits per heavy atom. The third-order valence-corrected chi connectivity index (χ3v) is 1.61. The summed E-state index contributed by atoms with van der Waals surface area (Å²) in [6.07, 6.45) is 0. The highest BCUT2D eigenvalue weighted by molar-refractivity contribution is 5.97. The lowest BCUT2D eigenvalue weighted by Crippen LogP contribution is -2.04. The van der Waals surface area contributed by atoms with Crippen molar-refractivity contribution in [3.63, 3.8) is 0 Å². The quantitative estimate of drug-likeness (QED) is 0.709. The molecule has 3 heteroatoms. The fourth-order valence-corrected chi connectivity index (χ4v) is 1.02. The van der Waals surface area contributed by atoms with E-state index in [0.29, 0.717) is 17.9 Å². The number of aliphatic hydroxyl groups is 1. The van der Waals surface area contributed by atoms with E-state index in [2.05, 4.69) is 0 Å². The van der Waals surface area contributed by atoms with Crippen LogP contribution in [0.5, 0.6) is 5.75 Å². The molecule has 0 atom stereocenters. The van der Waals surface area contributed by atoms with Crippen LogP contribution < -0.4 is 4.74 Å². The van der Waals surface area contributed by atoms with Gasteiger partial charge in [-0.05, 0) is 19.1 Å². The zero-order valence-corrected chi connectivity index (χ0v) is 7.49. The molecule has 1 N–H and O–H groups in total. The lowest BCUT2D eigenvalue weighted by atomic mass is 10.1. The van der Waals surface area contributed by atoms with Gasteiger partial charge >= 0.3 is 0 Å². The van der Waals surface area contributed by atoms with Crippen LogP contribution in [0.1, 0.15) is 17.3 Å². The highest BCUT2D eigenvalue weighted by Gasteiger charge is 2.04. The molecule has 0 aromatic heterocycles. The van der Waals surface area contributed by atoms with Crippen molar-refractivity contribution in [2.75, 3.05) is 13.2 Å². The number of hydrogen-bond acceptors (Lipinski definition) is 3. The molecule has 0 saturated heterocycles. The largest absolute Gasteiger partial charge is 0.494 e. The number of aliphatic hydroxyl groups excluding tert-OH is 1. The standard InChI is InChI=1S/C10H12O3/c1-2-13-9-5-3-4-8(6-9)10(12)7-11/h3-6,11H,2,7H2,1H3. The van der Waals surface area contributed by atoms with Gasteiger partial charge < -0.3 is 9.84 Å². The van der Waals surface area contributed by atoms with Crippen LogP contribution in [0.25, 0.3) is 0 Å². The second-order valence-electron chi connectivity index (χ2n) is 2.54.